The van der Waals surface area contributed by atoms with Crippen LogP contribution in [0.2, 0.25) is 0 Å². The molecule has 0 fully saturated rings. The largest absolute Gasteiger partial charge is 0.389 e. The standard InChI is InChI=1S/C16H35NO4/c1-5-7-8-20-9-10-21-12-15(18)11-17-16(14(3)4)13-19-6-2/h14-18H,5-13H2,1-4H3. The average Bonchev–Trinajstić information content (AvgIpc) is 2.46. The quantitative estimate of drug-likeness (QED) is 0.452. The van der Waals surface area contributed by atoms with E-state index >= 15 is 0 Å². The second kappa shape index (κ2) is 14.7. The predicted octanol–water partition coefficient (Wildman–Crippen LogP) is 1.83. The van der Waals surface area contributed by atoms with Crippen molar-refractivity contribution >= 4 is 0 Å². The lowest BCUT2D eigenvalue weighted by Gasteiger charge is -2.23. The molecular formula is C16H35NO4. The number of ether oxygens (including phenoxy) is 3. The lowest BCUT2D eigenvalue weighted by molar-refractivity contribution is 0.00130. The minimum Gasteiger partial charge on any atom is -0.389 e. The van der Waals surface area contributed by atoms with Crippen LogP contribution in [-0.4, -0.2) is 63.4 Å². The smallest absolute Gasteiger partial charge is 0.0897 e. The van der Waals surface area contributed by atoms with Crippen LogP contribution in [0.3, 0.4) is 0 Å². The molecule has 2 N–H and O–H groups in total. The number of hydrogen-bond acceptors (Lipinski definition) is 5. The van der Waals surface area contributed by atoms with E-state index in [9.17, 15) is 5.11 Å². The number of hydrogen-bond donors (Lipinski definition) is 2. The molecule has 0 aliphatic carbocycles. The molecule has 2 unspecified atom stereocenters. The Kier molecular flexibility index (Phi) is 14.6. The molecule has 0 saturated carbocycles. The average molecular weight is 305 g/mol. The third-order valence-electron chi connectivity index (χ3n) is 3.25. The van der Waals surface area contributed by atoms with Crippen molar-refractivity contribution in [3.8, 4) is 0 Å². The molecule has 0 heterocycles. The number of rotatable bonds is 15. The second-order valence-electron chi connectivity index (χ2n) is 5.61. The zero-order chi connectivity index (χ0) is 15.9. The Labute approximate surface area is 130 Å². The van der Waals surface area contributed by atoms with Crippen molar-refractivity contribution in [3.05, 3.63) is 0 Å². The maximum atomic E-state index is 9.88. The molecule has 0 amide bonds. The highest BCUT2D eigenvalue weighted by Gasteiger charge is 2.14. The van der Waals surface area contributed by atoms with Gasteiger partial charge in [0, 0.05) is 25.8 Å². The minimum atomic E-state index is -0.497. The zero-order valence-corrected chi connectivity index (χ0v) is 14.3. The van der Waals surface area contributed by atoms with Crippen LogP contribution in [0.15, 0.2) is 0 Å². The van der Waals surface area contributed by atoms with Crippen molar-refractivity contribution in [1.82, 2.24) is 5.32 Å². The summed E-state index contributed by atoms with van der Waals surface area (Å²) >= 11 is 0. The van der Waals surface area contributed by atoms with Crippen LogP contribution in [0.25, 0.3) is 0 Å². The van der Waals surface area contributed by atoms with Gasteiger partial charge in [0.1, 0.15) is 0 Å². The summed E-state index contributed by atoms with van der Waals surface area (Å²) in [4.78, 5) is 0. The highest BCUT2D eigenvalue weighted by atomic mass is 16.5. The van der Waals surface area contributed by atoms with Gasteiger partial charge in [-0.3, -0.25) is 0 Å². The molecule has 0 aromatic carbocycles. The van der Waals surface area contributed by atoms with Crippen molar-refractivity contribution in [3.63, 3.8) is 0 Å². The molecule has 0 spiro atoms. The zero-order valence-electron chi connectivity index (χ0n) is 14.3. The monoisotopic (exact) mass is 305 g/mol. The Balaban J connectivity index is 3.56. The van der Waals surface area contributed by atoms with E-state index in [1.54, 1.807) is 0 Å². The highest BCUT2D eigenvalue weighted by molar-refractivity contribution is 4.72. The number of nitrogens with one attached hydrogen (secondary N) is 1. The molecule has 0 bridgehead atoms. The van der Waals surface area contributed by atoms with Crippen molar-refractivity contribution in [2.75, 3.05) is 46.2 Å². The maximum Gasteiger partial charge on any atom is 0.0897 e. The van der Waals surface area contributed by atoms with Gasteiger partial charge in [-0.25, -0.2) is 0 Å². The summed E-state index contributed by atoms with van der Waals surface area (Å²) in [5.41, 5.74) is 0. The Morgan fingerprint density at radius 2 is 1.67 bits per heavy atom. The van der Waals surface area contributed by atoms with Crippen molar-refractivity contribution in [2.24, 2.45) is 5.92 Å². The van der Waals surface area contributed by atoms with Crippen LogP contribution in [0.4, 0.5) is 0 Å². The summed E-state index contributed by atoms with van der Waals surface area (Å²) in [7, 11) is 0. The summed E-state index contributed by atoms with van der Waals surface area (Å²) in [5, 5.41) is 13.2. The van der Waals surface area contributed by atoms with E-state index in [0.29, 0.717) is 45.5 Å². The van der Waals surface area contributed by atoms with E-state index in [1.807, 2.05) is 6.92 Å². The molecule has 5 heteroatoms. The Morgan fingerprint density at radius 3 is 2.29 bits per heavy atom. The van der Waals surface area contributed by atoms with Gasteiger partial charge in [-0.1, -0.05) is 27.2 Å². The summed E-state index contributed by atoms with van der Waals surface area (Å²) in [6, 6.07) is 0.261. The molecule has 128 valence electrons. The summed E-state index contributed by atoms with van der Waals surface area (Å²) in [6.07, 6.45) is 1.73. The Hall–Kier alpha value is -0.200. The van der Waals surface area contributed by atoms with Crippen LogP contribution in [0.1, 0.15) is 40.5 Å². The van der Waals surface area contributed by atoms with E-state index in [1.165, 1.54) is 0 Å². The first-order chi connectivity index (χ1) is 10.1. The molecule has 0 rings (SSSR count). The molecule has 0 aromatic heterocycles. The van der Waals surface area contributed by atoms with E-state index < -0.39 is 6.10 Å². The van der Waals surface area contributed by atoms with Gasteiger partial charge >= 0.3 is 0 Å². The van der Waals surface area contributed by atoms with Gasteiger partial charge in [0.2, 0.25) is 0 Å². The van der Waals surface area contributed by atoms with Gasteiger partial charge in [-0.15, -0.1) is 0 Å². The van der Waals surface area contributed by atoms with E-state index in [2.05, 4.69) is 26.1 Å². The lowest BCUT2D eigenvalue weighted by Crippen LogP contribution is -2.43. The SMILES string of the molecule is CCCCOCCOCC(O)CNC(COCC)C(C)C. The molecular weight excluding hydrogens is 270 g/mol. The van der Waals surface area contributed by atoms with Crippen LogP contribution >= 0.6 is 0 Å². The van der Waals surface area contributed by atoms with Crippen LogP contribution < -0.4 is 5.32 Å². The third-order valence-corrected chi connectivity index (χ3v) is 3.25. The van der Waals surface area contributed by atoms with Gasteiger partial charge in [0.25, 0.3) is 0 Å². The summed E-state index contributed by atoms with van der Waals surface area (Å²) in [5.74, 6) is 0.469. The van der Waals surface area contributed by atoms with Gasteiger partial charge < -0.3 is 24.6 Å². The number of unbranched alkanes of at least 4 members (excludes halogenated alkanes) is 1. The molecule has 2 atom stereocenters. The van der Waals surface area contributed by atoms with Gasteiger partial charge in [-0.2, -0.15) is 0 Å². The van der Waals surface area contributed by atoms with Crippen LogP contribution in [-0.2, 0) is 14.2 Å². The molecule has 21 heavy (non-hydrogen) atoms. The normalized spacial score (nSPS) is 14.6. The molecule has 0 radical (unpaired) electrons. The first-order valence-corrected chi connectivity index (χ1v) is 8.26. The first kappa shape index (κ1) is 20.8. The molecule has 0 aliphatic heterocycles. The Morgan fingerprint density at radius 1 is 0.952 bits per heavy atom. The first-order valence-electron chi connectivity index (χ1n) is 8.26. The number of aliphatic hydroxyl groups is 1. The van der Waals surface area contributed by atoms with Crippen LogP contribution in [0.5, 0.6) is 0 Å². The minimum absolute atomic E-state index is 0.261. The second-order valence-corrected chi connectivity index (χ2v) is 5.61. The summed E-state index contributed by atoms with van der Waals surface area (Å²) in [6.45, 7) is 12.6. The van der Waals surface area contributed by atoms with Gasteiger partial charge in [0.15, 0.2) is 0 Å². The summed E-state index contributed by atoms with van der Waals surface area (Å²) < 4.78 is 16.2. The fraction of sp³-hybridized carbons (Fsp3) is 1.00. The predicted molar refractivity (Wildman–Crippen MR) is 85.7 cm³/mol. The van der Waals surface area contributed by atoms with E-state index in [0.717, 1.165) is 19.4 Å². The third kappa shape index (κ3) is 13.2. The Bertz CT molecular complexity index is 214. The fourth-order valence-electron chi connectivity index (χ4n) is 1.76. The molecule has 0 aliphatic rings. The molecule has 5 nitrogen and oxygen atoms in total. The van der Waals surface area contributed by atoms with Crippen LogP contribution in [0, 0.1) is 5.92 Å². The van der Waals surface area contributed by atoms with Crippen molar-refractivity contribution < 1.29 is 19.3 Å². The van der Waals surface area contributed by atoms with Gasteiger partial charge in [0.05, 0.1) is 32.5 Å². The van der Waals surface area contributed by atoms with E-state index in [4.69, 9.17) is 14.2 Å². The van der Waals surface area contributed by atoms with Crippen molar-refractivity contribution in [1.29, 1.82) is 0 Å². The fourth-order valence-corrected chi connectivity index (χ4v) is 1.76. The lowest BCUT2D eigenvalue weighted by atomic mass is 10.1. The number of aliphatic hydroxyl groups excluding tert-OH is 1. The topological polar surface area (TPSA) is 60.0 Å². The molecule has 0 aromatic rings. The van der Waals surface area contributed by atoms with E-state index in [-0.39, 0.29) is 6.04 Å². The van der Waals surface area contributed by atoms with Crippen molar-refractivity contribution in [2.45, 2.75) is 52.7 Å². The molecule has 0 saturated heterocycles. The van der Waals surface area contributed by atoms with Gasteiger partial charge in [-0.05, 0) is 19.3 Å². The highest BCUT2D eigenvalue weighted by Crippen LogP contribution is 2.02. The maximum absolute atomic E-state index is 9.88.